The van der Waals surface area contributed by atoms with Crippen molar-refractivity contribution in [3.05, 3.63) is 77.5 Å². The number of pyridine rings is 1. The van der Waals surface area contributed by atoms with Crippen LogP contribution in [-0.4, -0.2) is 19.7 Å². The summed E-state index contributed by atoms with van der Waals surface area (Å²) in [6, 6.07) is 14.6. The average Bonchev–Trinajstić information content (AvgIpc) is 2.75. The second kappa shape index (κ2) is 9.68. The molecular formula is C21H14F3N4O4S-. The Morgan fingerprint density at radius 1 is 1.15 bits per heavy atom. The predicted molar refractivity (Wildman–Crippen MR) is 111 cm³/mol. The number of hydrogen-bond donors (Lipinski definition) is 1. The number of halogens is 3. The average molecular weight is 475 g/mol. The number of nitrogens with two attached hydrogens (primary N) is 1. The van der Waals surface area contributed by atoms with E-state index in [1.165, 1.54) is 48.5 Å². The van der Waals surface area contributed by atoms with E-state index in [4.69, 9.17) is 10.5 Å². The molecule has 2 aromatic carbocycles. The van der Waals surface area contributed by atoms with E-state index in [0.29, 0.717) is 5.56 Å². The Morgan fingerprint density at radius 2 is 1.82 bits per heavy atom. The number of benzene rings is 2. The fourth-order valence-electron chi connectivity index (χ4n) is 2.83. The van der Waals surface area contributed by atoms with E-state index in [0.717, 1.165) is 16.4 Å². The third kappa shape index (κ3) is 5.85. The molecule has 0 saturated carbocycles. The molecule has 3 rings (SSSR count). The minimum Gasteiger partial charge on any atom is -0.755 e. The van der Waals surface area contributed by atoms with Crippen molar-refractivity contribution in [1.29, 1.82) is 5.26 Å². The van der Waals surface area contributed by atoms with Crippen LogP contribution >= 0.6 is 0 Å². The van der Waals surface area contributed by atoms with Crippen LogP contribution in [0.4, 0.5) is 24.5 Å². The second-order valence-electron chi connectivity index (χ2n) is 6.57. The Balaban J connectivity index is 1.92. The Bertz CT molecular complexity index is 1240. The number of hydrogen-bond acceptors (Lipinski definition) is 6. The highest BCUT2D eigenvalue weighted by Crippen LogP contribution is 2.34. The highest BCUT2D eigenvalue weighted by molar-refractivity contribution is 7.81. The van der Waals surface area contributed by atoms with Gasteiger partial charge in [-0.15, -0.1) is 0 Å². The first-order chi connectivity index (χ1) is 15.6. The monoisotopic (exact) mass is 475 g/mol. The Hall–Kier alpha value is -3.95. The van der Waals surface area contributed by atoms with Gasteiger partial charge in [0.2, 0.25) is 11.8 Å². The molecule has 1 amide bonds. The standard InChI is InChI=1S/C21H15F3N4O4S/c22-21(23,24)18-2-1-3-20(27-18)32-17-9-8-16(11-14(17)12-25)28(33(30)31)15-6-4-13(5-7-15)10-19(26)29/h1-9,11H,10H2,(H2,26,29)(H,30,31)/p-1. The molecule has 0 fully saturated rings. The maximum Gasteiger partial charge on any atom is 0.433 e. The predicted octanol–water partition coefficient (Wildman–Crippen LogP) is 3.72. The number of aromatic nitrogens is 1. The van der Waals surface area contributed by atoms with E-state index >= 15 is 0 Å². The van der Waals surface area contributed by atoms with Crippen molar-refractivity contribution >= 4 is 28.5 Å². The largest absolute Gasteiger partial charge is 0.755 e. The van der Waals surface area contributed by atoms with Gasteiger partial charge in [-0.2, -0.15) is 18.4 Å². The summed E-state index contributed by atoms with van der Waals surface area (Å²) in [5, 5.41) is 9.47. The van der Waals surface area contributed by atoms with Gasteiger partial charge in [-0.3, -0.25) is 13.3 Å². The summed E-state index contributed by atoms with van der Waals surface area (Å²) < 4.78 is 68.6. The third-order valence-corrected chi connectivity index (χ3v) is 4.96. The lowest BCUT2D eigenvalue weighted by Gasteiger charge is -2.27. The van der Waals surface area contributed by atoms with Gasteiger partial charge in [0.1, 0.15) is 17.5 Å². The van der Waals surface area contributed by atoms with Crippen molar-refractivity contribution in [3.63, 3.8) is 0 Å². The molecule has 33 heavy (non-hydrogen) atoms. The van der Waals surface area contributed by atoms with Gasteiger partial charge in [-0.25, -0.2) is 4.98 Å². The van der Waals surface area contributed by atoms with E-state index in [2.05, 4.69) is 4.98 Å². The third-order valence-electron chi connectivity index (χ3n) is 4.24. The molecule has 1 unspecified atom stereocenters. The maximum absolute atomic E-state index is 12.9. The maximum atomic E-state index is 12.9. The van der Waals surface area contributed by atoms with Crippen molar-refractivity contribution in [1.82, 2.24) is 4.98 Å². The van der Waals surface area contributed by atoms with Crippen molar-refractivity contribution in [2.75, 3.05) is 4.31 Å². The number of rotatable bonds is 7. The zero-order valence-corrected chi connectivity index (χ0v) is 17.4. The van der Waals surface area contributed by atoms with Gasteiger partial charge >= 0.3 is 6.18 Å². The first-order valence-electron chi connectivity index (χ1n) is 9.11. The Morgan fingerprint density at radius 3 is 2.39 bits per heavy atom. The number of carbonyl (C=O) groups excluding carboxylic acids is 1. The van der Waals surface area contributed by atoms with Crippen LogP contribution < -0.4 is 14.8 Å². The molecule has 0 aliphatic heterocycles. The number of amides is 1. The molecule has 0 radical (unpaired) electrons. The topological polar surface area (TPSA) is 132 Å². The first kappa shape index (κ1) is 23.7. The van der Waals surface area contributed by atoms with Crippen molar-refractivity contribution < 1.29 is 31.5 Å². The first-order valence-corrected chi connectivity index (χ1v) is 10.1. The lowest BCUT2D eigenvalue weighted by Crippen LogP contribution is -2.20. The van der Waals surface area contributed by atoms with Gasteiger partial charge in [0.25, 0.3) is 0 Å². The molecule has 3 aromatic rings. The van der Waals surface area contributed by atoms with Crippen molar-refractivity contribution in [2.45, 2.75) is 12.6 Å². The minimum absolute atomic E-state index is 0.0189. The smallest absolute Gasteiger partial charge is 0.433 e. The quantitative estimate of drug-likeness (QED) is 0.518. The molecule has 0 spiro atoms. The lowest BCUT2D eigenvalue weighted by atomic mass is 10.1. The number of primary amides is 1. The SMILES string of the molecule is N#Cc1cc(N(c2ccc(CC(N)=O)cc2)S(=O)[O-])ccc1Oc1cccc(C(F)(F)F)n1. The Kier molecular flexibility index (Phi) is 6.95. The summed E-state index contributed by atoms with van der Waals surface area (Å²) in [5.41, 5.74) is 4.72. The second-order valence-corrected chi connectivity index (χ2v) is 7.37. The number of nitrogens with zero attached hydrogens (tertiary/aromatic N) is 3. The summed E-state index contributed by atoms with van der Waals surface area (Å²) in [6.45, 7) is 0. The molecule has 8 nitrogen and oxygen atoms in total. The fraction of sp³-hybridized carbons (Fsp3) is 0.0952. The van der Waals surface area contributed by atoms with Crippen LogP contribution in [0.1, 0.15) is 16.8 Å². The van der Waals surface area contributed by atoms with E-state index in [1.54, 1.807) is 0 Å². The van der Waals surface area contributed by atoms with Crippen LogP contribution in [0.25, 0.3) is 0 Å². The van der Waals surface area contributed by atoms with E-state index in [9.17, 15) is 32.0 Å². The van der Waals surface area contributed by atoms with E-state index in [1.807, 2.05) is 6.07 Å². The van der Waals surface area contributed by atoms with Crippen LogP contribution in [0, 0.1) is 11.3 Å². The number of ether oxygens (including phenoxy) is 1. The summed E-state index contributed by atoms with van der Waals surface area (Å²) in [6.07, 6.45) is -4.69. The van der Waals surface area contributed by atoms with Gasteiger partial charge in [0.15, 0.2) is 0 Å². The normalized spacial score (nSPS) is 12.0. The van der Waals surface area contributed by atoms with E-state index in [-0.39, 0.29) is 35.0 Å². The van der Waals surface area contributed by atoms with Gasteiger partial charge in [-0.1, -0.05) is 18.2 Å². The van der Waals surface area contributed by atoms with Gasteiger partial charge in [0, 0.05) is 6.07 Å². The summed E-state index contributed by atoms with van der Waals surface area (Å²) in [5.74, 6) is -1.04. The van der Waals surface area contributed by atoms with Gasteiger partial charge < -0.3 is 15.0 Å². The number of alkyl halides is 3. The number of carbonyl (C=O) groups is 1. The number of nitriles is 1. The molecular weight excluding hydrogens is 461 g/mol. The molecule has 0 aliphatic carbocycles. The number of anilines is 2. The molecule has 170 valence electrons. The van der Waals surface area contributed by atoms with Crippen LogP contribution in [0.2, 0.25) is 0 Å². The van der Waals surface area contributed by atoms with Crippen LogP contribution in [0.15, 0.2) is 60.7 Å². The van der Waals surface area contributed by atoms with Gasteiger partial charge in [-0.05, 0) is 42.0 Å². The molecule has 1 heterocycles. The van der Waals surface area contributed by atoms with Crippen LogP contribution in [0.3, 0.4) is 0 Å². The molecule has 2 N–H and O–H groups in total. The van der Waals surface area contributed by atoms with Crippen LogP contribution in [0.5, 0.6) is 11.6 Å². The Labute approximate surface area is 188 Å². The molecule has 0 bridgehead atoms. The van der Waals surface area contributed by atoms with Crippen LogP contribution in [-0.2, 0) is 28.7 Å². The minimum atomic E-state index is -4.67. The van der Waals surface area contributed by atoms with Crippen molar-refractivity contribution in [3.8, 4) is 17.7 Å². The zero-order valence-electron chi connectivity index (χ0n) is 16.6. The molecule has 1 aromatic heterocycles. The summed E-state index contributed by atoms with van der Waals surface area (Å²) in [7, 11) is 0. The molecule has 0 aliphatic rings. The molecule has 1 atom stereocenters. The highest BCUT2D eigenvalue weighted by atomic mass is 32.2. The van der Waals surface area contributed by atoms with Gasteiger partial charge in [0.05, 0.1) is 34.6 Å². The summed E-state index contributed by atoms with van der Waals surface area (Å²) in [4.78, 5) is 14.4. The lowest BCUT2D eigenvalue weighted by molar-refractivity contribution is -0.141. The zero-order chi connectivity index (χ0) is 24.2. The fourth-order valence-corrected chi connectivity index (χ4v) is 3.41. The summed E-state index contributed by atoms with van der Waals surface area (Å²) >= 11 is -2.79. The molecule has 12 heteroatoms. The molecule has 0 saturated heterocycles. The van der Waals surface area contributed by atoms with E-state index < -0.39 is 29.0 Å². The van der Waals surface area contributed by atoms with Crippen molar-refractivity contribution in [2.24, 2.45) is 5.73 Å². The highest BCUT2D eigenvalue weighted by Gasteiger charge is 2.32.